The lowest BCUT2D eigenvalue weighted by atomic mass is 10.2. The van der Waals surface area contributed by atoms with Crippen molar-refractivity contribution in [3.63, 3.8) is 0 Å². The highest BCUT2D eigenvalue weighted by atomic mass is 15.0. The van der Waals surface area contributed by atoms with Crippen molar-refractivity contribution in [2.24, 2.45) is 0 Å². The molecular formula is C16H24N2. The lowest BCUT2D eigenvalue weighted by Gasteiger charge is -2.14. The number of fused-ring (bicyclic) bond motifs is 1. The molecule has 1 aromatic heterocycles. The molecule has 1 unspecified atom stereocenters. The lowest BCUT2D eigenvalue weighted by Crippen LogP contribution is -2.29. The third kappa shape index (κ3) is 2.94. The zero-order chi connectivity index (χ0) is 13.0. The highest BCUT2D eigenvalue weighted by Gasteiger charge is 2.05. The Morgan fingerprint density at radius 1 is 1.28 bits per heavy atom. The Kier molecular flexibility index (Phi) is 4.43. The van der Waals surface area contributed by atoms with Crippen LogP contribution in [0, 0.1) is 6.92 Å². The van der Waals surface area contributed by atoms with Gasteiger partial charge in [0.2, 0.25) is 0 Å². The molecule has 2 nitrogen and oxygen atoms in total. The first-order chi connectivity index (χ1) is 8.72. The third-order valence-corrected chi connectivity index (χ3v) is 3.57. The quantitative estimate of drug-likeness (QED) is 0.819. The summed E-state index contributed by atoms with van der Waals surface area (Å²) in [5.41, 5.74) is 2.70. The number of aromatic nitrogens is 1. The number of aryl methyl sites for hydroxylation is 1. The molecule has 1 aromatic carbocycles. The molecule has 2 rings (SSSR count). The first-order valence-corrected chi connectivity index (χ1v) is 7.00. The Balaban J connectivity index is 2.01. The van der Waals surface area contributed by atoms with Crippen molar-refractivity contribution in [1.29, 1.82) is 0 Å². The highest BCUT2D eigenvalue weighted by molar-refractivity contribution is 5.81. The van der Waals surface area contributed by atoms with Crippen LogP contribution in [0.5, 0.6) is 0 Å². The Bertz CT molecular complexity index is 499. The number of nitrogens with one attached hydrogen (secondary N) is 1. The van der Waals surface area contributed by atoms with Crippen molar-refractivity contribution in [3.8, 4) is 0 Å². The van der Waals surface area contributed by atoms with E-state index in [2.05, 4.69) is 61.0 Å². The van der Waals surface area contributed by atoms with Gasteiger partial charge in [0.05, 0.1) is 0 Å². The van der Waals surface area contributed by atoms with Crippen molar-refractivity contribution in [1.82, 2.24) is 9.88 Å². The molecule has 1 atom stereocenters. The molecule has 0 spiro atoms. The summed E-state index contributed by atoms with van der Waals surface area (Å²) in [7, 11) is 0. The zero-order valence-electron chi connectivity index (χ0n) is 11.7. The molecule has 0 radical (unpaired) electrons. The lowest BCUT2D eigenvalue weighted by molar-refractivity contribution is 0.487. The van der Waals surface area contributed by atoms with Gasteiger partial charge < -0.3 is 9.88 Å². The van der Waals surface area contributed by atoms with Crippen LogP contribution in [-0.2, 0) is 6.54 Å². The number of nitrogens with zero attached hydrogens (tertiary/aromatic N) is 1. The van der Waals surface area contributed by atoms with Crippen LogP contribution in [-0.4, -0.2) is 17.2 Å². The maximum Gasteiger partial charge on any atom is 0.0482 e. The Labute approximate surface area is 110 Å². The second-order valence-electron chi connectivity index (χ2n) is 5.14. The molecule has 0 bridgehead atoms. The molecule has 0 saturated heterocycles. The molecule has 0 aliphatic heterocycles. The van der Waals surface area contributed by atoms with Crippen LogP contribution >= 0.6 is 0 Å². The summed E-state index contributed by atoms with van der Waals surface area (Å²) in [6.07, 6.45) is 2.51. The van der Waals surface area contributed by atoms with E-state index in [9.17, 15) is 0 Å². The summed E-state index contributed by atoms with van der Waals surface area (Å²) in [6.45, 7) is 8.79. The van der Waals surface area contributed by atoms with Crippen LogP contribution < -0.4 is 5.32 Å². The monoisotopic (exact) mass is 244 g/mol. The topological polar surface area (TPSA) is 17.0 Å². The van der Waals surface area contributed by atoms with Gasteiger partial charge in [-0.3, -0.25) is 0 Å². The average Bonchev–Trinajstić information content (AvgIpc) is 2.66. The average molecular weight is 244 g/mol. The first kappa shape index (κ1) is 13.2. The smallest absolute Gasteiger partial charge is 0.0482 e. The van der Waals surface area contributed by atoms with Gasteiger partial charge in [-0.1, -0.05) is 31.5 Å². The summed E-state index contributed by atoms with van der Waals surface area (Å²) in [6, 6.07) is 11.5. The summed E-state index contributed by atoms with van der Waals surface area (Å²) >= 11 is 0. The minimum Gasteiger partial charge on any atom is -0.344 e. The van der Waals surface area contributed by atoms with Gasteiger partial charge >= 0.3 is 0 Å². The Hall–Kier alpha value is -1.28. The van der Waals surface area contributed by atoms with E-state index in [1.54, 1.807) is 0 Å². The molecule has 2 heteroatoms. The fraction of sp³-hybridized carbons (Fsp3) is 0.500. The summed E-state index contributed by atoms with van der Waals surface area (Å²) in [5, 5.41) is 4.94. The molecule has 0 aliphatic rings. The van der Waals surface area contributed by atoms with Crippen molar-refractivity contribution >= 4 is 10.9 Å². The van der Waals surface area contributed by atoms with Crippen LogP contribution in [0.15, 0.2) is 30.3 Å². The molecule has 1 N–H and O–H groups in total. The fourth-order valence-corrected chi connectivity index (χ4v) is 2.60. The number of para-hydroxylation sites is 1. The molecule has 0 amide bonds. The Morgan fingerprint density at radius 3 is 2.83 bits per heavy atom. The maximum atomic E-state index is 3.59. The zero-order valence-corrected chi connectivity index (χ0v) is 11.7. The number of benzene rings is 1. The van der Waals surface area contributed by atoms with E-state index in [1.807, 2.05) is 0 Å². The molecule has 0 aliphatic carbocycles. The van der Waals surface area contributed by atoms with E-state index in [4.69, 9.17) is 0 Å². The fourth-order valence-electron chi connectivity index (χ4n) is 2.60. The highest BCUT2D eigenvalue weighted by Crippen LogP contribution is 2.18. The van der Waals surface area contributed by atoms with Gasteiger partial charge in [0.1, 0.15) is 0 Å². The molecule has 2 aromatic rings. The van der Waals surface area contributed by atoms with Crippen molar-refractivity contribution in [2.75, 3.05) is 6.54 Å². The van der Waals surface area contributed by atoms with E-state index in [0.717, 1.165) is 13.1 Å². The number of hydrogen-bond acceptors (Lipinski definition) is 1. The summed E-state index contributed by atoms with van der Waals surface area (Å²) in [5.74, 6) is 0. The SMILES string of the molecule is CCCC(C)NCCn1c(C)cc2ccccc21. The van der Waals surface area contributed by atoms with E-state index in [1.165, 1.54) is 29.4 Å². The normalized spacial score (nSPS) is 13.1. The minimum atomic E-state index is 0.622. The second-order valence-corrected chi connectivity index (χ2v) is 5.14. The van der Waals surface area contributed by atoms with Crippen molar-refractivity contribution in [3.05, 3.63) is 36.0 Å². The number of hydrogen-bond donors (Lipinski definition) is 1. The van der Waals surface area contributed by atoms with Gasteiger partial charge in [-0.25, -0.2) is 0 Å². The van der Waals surface area contributed by atoms with Crippen LogP contribution in [0.4, 0.5) is 0 Å². The van der Waals surface area contributed by atoms with Crippen molar-refractivity contribution < 1.29 is 0 Å². The second kappa shape index (κ2) is 6.05. The van der Waals surface area contributed by atoms with Crippen LogP contribution in [0.2, 0.25) is 0 Å². The van der Waals surface area contributed by atoms with E-state index in [-0.39, 0.29) is 0 Å². The molecule has 0 fully saturated rings. The molecule has 18 heavy (non-hydrogen) atoms. The van der Waals surface area contributed by atoms with Crippen LogP contribution in [0.1, 0.15) is 32.4 Å². The summed E-state index contributed by atoms with van der Waals surface area (Å²) in [4.78, 5) is 0. The van der Waals surface area contributed by atoms with E-state index < -0.39 is 0 Å². The van der Waals surface area contributed by atoms with Crippen LogP contribution in [0.3, 0.4) is 0 Å². The maximum absolute atomic E-state index is 3.59. The van der Waals surface area contributed by atoms with Gasteiger partial charge in [0, 0.05) is 30.3 Å². The van der Waals surface area contributed by atoms with Crippen LogP contribution in [0.25, 0.3) is 10.9 Å². The van der Waals surface area contributed by atoms with E-state index >= 15 is 0 Å². The summed E-state index contributed by atoms with van der Waals surface area (Å²) < 4.78 is 2.40. The standard InChI is InChI=1S/C16H24N2/c1-4-7-13(2)17-10-11-18-14(3)12-15-8-5-6-9-16(15)18/h5-6,8-9,12-13,17H,4,7,10-11H2,1-3H3. The molecular weight excluding hydrogens is 220 g/mol. The van der Waals surface area contributed by atoms with Gasteiger partial charge in [-0.05, 0) is 37.8 Å². The Morgan fingerprint density at radius 2 is 2.06 bits per heavy atom. The first-order valence-electron chi connectivity index (χ1n) is 7.00. The third-order valence-electron chi connectivity index (χ3n) is 3.57. The predicted molar refractivity (Wildman–Crippen MR) is 79.0 cm³/mol. The van der Waals surface area contributed by atoms with Gasteiger partial charge in [-0.2, -0.15) is 0 Å². The van der Waals surface area contributed by atoms with Gasteiger partial charge in [0.25, 0.3) is 0 Å². The molecule has 1 heterocycles. The van der Waals surface area contributed by atoms with E-state index in [0.29, 0.717) is 6.04 Å². The largest absolute Gasteiger partial charge is 0.344 e. The van der Waals surface area contributed by atoms with Crippen molar-refractivity contribution in [2.45, 2.75) is 46.2 Å². The van der Waals surface area contributed by atoms with Gasteiger partial charge in [-0.15, -0.1) is 0 Å². The molecule has 0 saturated carbocycles. The van der Waals surface area contributed by atoms with Gasteiger partial charge in [0.15, 0.2) is 0 Å². The number of rotatable bonds is 6. The molecule has 98 valence electrons. The predicted octanol–water partition coefficient (Wildman–Crippen LogP) is 3.73. The minimum absolute atomic E-state index is 0.622.